The average Bonchev–Trinajstić information content (AvgIpc) is 2.93. The number of hydrogen-bond donors (Lipinski definition) is 2. The van der Waals surface area contributed by atoms with E-state index in [4.69, 9.17) is 9.47 Å². The minimum absolute atomic E-state index is 0.000841. The fourth-order valence-corrected chi connectivity index (χ4v) is 4.23. The van der Waals surface area contributed by atoms with Crippen molar-refractivity contribution in [3.05, 3.63) is 47.0 Å². The van der Waals surface area contributed by atoms with Gasteiger partial charge in [0.15, 0.2) is 6.61 Å². The van der Waals surface area contributed by atoms with E-state index >= 15 is 0 Å². The predicted molar refractivity (Wildman–Crippen MR) is 101 cm³/mol. The molecule has 2 aromatic rings. The number of nitrogens with one attached hydrogen (secondary N) is 2. The summed E-state index contributed by atoms with van der Waals surface area (Å²) in [4.78, 5) is 24.0. The first kappa shape index (κ1) is 16.2. The normalized spacial score (nSPS) is 21.8. The van der Waals surface area contributed by atoms with Gasteiger partial charge in [-0.1, -0.05) is 18.2 Å². The Hall–Kier alpha value is -3.02. The molecule has 6 heteroatoms. The van der Waals surface area contributed by atoms with E-state index in [1.165, 1.54) is 5.56 Å². The third-order valence-corrected chi connectivity index (χ3v) is 5.32. The summed E-state index contributed by atoms with van der Waals surface area (Å²) in [5.74, 6) is 1.15. The Balaban J connectivity index is 1.64. The maximum Gasteiger partial charge on any atom is 0.262 e. The lowest BCUT2D eigenvalue weighted by Gasteiger charge is -2.30. The number of benzene rings is 2. The van der Waals surface area contributed by atoms with E-state index in [2.05, 4.69) is 30.5 Å². The molecule has 3 aliphatic rings. The Labute approximate surface area is 156 Å². The molecule has 0 spiro atoms. The van der Waals surface area contributed by atoms with Crippen molar-refractivity contribution in [1.29, 1.82) is 0 Å². The van der Waals surface area contributed by atoms with Gasteiger partial charge >= 0.3 is 0 Å². The molecule has 3 heterocycles. The fraction of sp³-hybridized carbons (Fsp3) is 0.333. The Morgan fingerprint density at radius 2 is 1.85 bits per heavy atom. The lowest BCUT2D eigenvalue weighted by atomic mass is 9.83. The number of carbonyl (C=O) groups is 2. The molecule has 2 amide bonds. The van der Waals surface area contributed by atoms with E-state index in [0.29, 0.717) is 23.5 Å². The summed E-state index contributed by atoms with van der Waals surface area (Å²) in [5.41, 5.74) is 4.21. The highest BCUT2D eigenvalue weighted by atomic mass is 16.5. The minimum Gasteiger partial charge on any atom is -0.487 e. The van der Waals surface area contributed by atoms with Gasteiger partial charge in [0.2, 0.25) is 5.91 Å². The summed E-state index contributed by atoms with van der Waals surface area (Å²) in [6.07, 6.45) is 1.19. The maximum atomic E-state index is 12.4. The predicted octanol–water partition coefficient (Wildman–Crippen LogP) is 3.21. The third-order valence-electron chi connectivity index (χ3n) is 5.32. The van der Waals surface area contributed by atoms with Gasteiger partial charge in [0.25, 0.3) is 5.91 Å². The zero-order valence-electron chi connectivity index (χ0n) is 15.2. The van der Waals surface area contributed by atoms with Crippen LogP contribution < -0.4 is 20.1 Å². The standard InChI is InChI=1S/C21H20N2O4/c1-21(2)9-11-4-3-5-12(20(11)27-21)13-7-18(24)22-15-8-16-17(6-14(13)15)26-10-19(25)23-16/h3-6,8,13H,7,9-10H2,1-2H3,(H,22,24)(H,23,25)/t13-/m0/s1. The zero-order valence-corrected chi connectivity index (χ0v) is 15.2. The Kier molecular flexibility index (Phi) is 3.29. The van der Waals surface area contributed by atoms with Gasteiger partial charge in [-0.25, -0.2) is 0 Å². The molecule has 0 aromatic heterocycles. The van der Waals surface area contributed by atoms with E-state index in [9.17, 15) is 9.59 Å². The van der Waals surface area contributed by atoms with Crippen LogP contribution in [0.25, 0.3) is 0 Å². The van der Waals surface area contributed by atoms with Crippen LogP contribution in [0.3, 0.4) is 0 Å². The molecule has 2 N–H and O–H groups in total. The number of carbonyl (C=O) groups excluding carboxylic acids is 2. The van der Waals surface area contributed by atoms with E-state index in [-0.39, 0.29) is 29.9 Å². The van der Waals surface area contributed by atoms with Gasteiger partial charge in [0.1, 0.15) is 17.1 Å². The summed E-state index contributed by atoms with van der Waals surface area (Å²) in [7, 11) is 0. The molecule has 0 saturated heterocycles. The van der Waals surface area contributed by atoms with E-state index < -0.39 is 0 Å². The molecule has 0 radical (unpaired) electrons. The maximum absolute atomic E-state index is 12.4. The number of para-hydroxylation sites is 1. The second-order valence-electron chi connectivity index (χ2n) is 7.95. The molecule has 0 bridgehead atoms. The Morgan fingerprint density at radius 3 is 2.70 bits per heavy atom. The van der Waals surface area contributed by atoms with Crippen LogP contribution in [0.5, 0.6) is 11.5 Å². The van der Waals surface area contributed by atoms with Gasteiger partial charge in [-0.15, -0.1) is 0 Å². The molecular formula is C21H20N2O4. The number of hydrogen-bond acceptors (Lipinski definition) is 4. The Morgan fingerprint density at radius 1 is 1.04 bits per heavy atom. The van der Waals surface area contributed by atoms with Crippen molar-refractivity contribution in [2.45, 2.75) is 38.2 Å². The summed E-state index contributed by atoms with van der Waals surface area (Å²) in [5, 5.41) is 5.71. The number of amides is 2. The van der Waals surface area contributed by atoms with Gasteiger partial charge in [0.05, 0.1) is 5.69 Å². The molecule has 27 heavy (non-hydrogen) atoms. The highest BCUT2D eigenvalue weighted by Gasteiger charge is 2.36. The first-order valence-corrected chi connectivity index (χ1v) is 9.11. The number of ether oxygens (including phenoxy) is 2. The molecule has 138 valence electrons. The first-order chi connectivity index (χ1) is 12.9. The van der Waals surface area contributed by atoms with Crippen molar-refractivity contribution in [1.82, 2.24) is 0 Å². The summed E-state index contributed by atoms with van der Waals surface area (Å²) < 4.78 is 11.8. The van der Waals surface area contributed by atoms with Gasteiger partial charge in [0, 0.05) is 30.0 Å². The molecule has 0 saturated carbocycles. The second kappa shape index (κ2) is 5.49. The molecule has 5 rings (SSSR count). The SMILES string of the molecule is CC1(C)Cc2cccc([C@@H]3CC(=O)Nc4cc5c(cc43)OCC(=O)N5)c2O1. The van der Waals surface area contributed by atoms with Gasteiger partial charge in [-0.3, -0.25) is 9.59 Å². The lowest BCUT2D eigenvalue weighted by Crippen LogP contribution is -2.28. The quantitative estimate of drug-likeness (QED) is 0.815. The van der Waals surface area contributed by atoms with Crippen LogP contribution in [-0.2, 0) is 16.0 Å². The minimum atomic E-state index is -0.249. The first-order valence-electron chi connectivity index (χ1n) is 9.11. The summed E-state index contributed by atoms with van der Waals surface area (Å²) in [6.45, 7) is 4.15. The molecule has 6 nitrogen and oxygen atoms in total. The van der Waals surface area contributed by atoms with Crippen molar-refractivity contribution in [2.24, 2.45) is 0 Å². The number of fused-ring (bicyclic) bond motifs is 3. The molecule has 0 unspecified atom stereocenters. The summed E-state index contributed by atoms with van der Waals surface area (Å²) in [6, 6.07) is 9.85. The molecule has 2 aromatic carbocycles. The summed E-state index contributed by atoms with van der Waals surface area (Å²) >= 11 is 0. The lowest BCUT2D eigenvalue weighted by molar-refractivity contribution is -0.118. The fourth-order valence-electron chi connectivity index (χ4n) is 4.23. The number of anilines is 2. The zero-order chi connectivity index (χ0) is 18.8. The van der Waals surface area contributed by atoms with Crippen molar-refractivity contribution in [3.63, 3.8) is 0 Å². The van der Waals surface area contributed by atoms with Crippen LogP contribution in [0.15, 0.2) is 30.3 Å². The van der Waals surface area contributed by atoms with Gasteiger partial charge < -0.3 is 20.1 Å². The monoisotopic (exact) mass is 364 g/mol. The van der Waals surface area contributed by atoms with E-state index in [1.807, 2.05) is 18.2 Å². The van der Waals surface area contributed by atoms with Crippen LogP contribution in [0, 0.1) is 0 Å². The van der Waals surface area contributed by atoms with Crippen LogP contribution in [0.4, 0.5) is 11.4 Å². The molecule has 0 fully saturated rings. The number of rotatable bonds is 1. The van der Waals surface area contributed by atoms with Crippen molar-refractivity contribution in [2.75, 3.05) is 17.2 Å². The van der Waals surface area contributed by atoms with Gasteiger partial charge in [-0.05, 0) is 37.1 Å². The highest BCUT2D eigenvalue weighted by Crippen LogP contribution is 2.48. The van der Waals surface area contributed by atoms with Crippen molar-refractivity contribution in [3.8, 4) is 11.5 Å². The third kappa shape index (κ3) is 2.63. The molecular weight excluding hydrogens is 344 g/mol. The van der Waals surface area contributed by atoms with Crippen LogP contribution in [-0.4, -0.2) is 24.0 Å². The van der Waals surface area contributed by atoms with Crippen LogP contribution in [0.2, 0.25) is 0 Å². The van der Waals surface area contributed by atoms with E-state index in [1.54, 1.807) is 6.07 Å². The topological polar surface area (TPSA) is 76.7 Å². The van der Waals surface area contributed by atoms with Crippen molar-refractivity contribution >= 4 is 23.2 Å². The molecule has 3 aliphatic heterocycles. The Bertz CT molecular complexity index is 996. The van der Waals surface area contributed by atoms with Crippen molar-refractivity contribution < 1.29 is 19.1 Å². The average molecular weight is 364 g/mol. The molecule has 1 atom stereocenters. The largest absolute Gasteiger partial charge is 0.487 e. The van der Waals surface area contributed by atoms with Crippen LogP contribution in [0.1, 0.15) is 42.9 Å². The second-order valence-corrected chi connectivity index (χ2v) is 7.95. The van der Waals surface area contributed by atoms with Gasteiger partial charge in [-0.2, -0.15) is 0 Å². The smallest absolute Gasteiger partial charge is 0.262 e. The highest BCUT2D eigenvalue weighted by molar-refractivity contribution is 6.00. The van der Waals surface area contributed by atoms with E-state index in [0.717, 1.165) is 23.3 Å². The van der Waals surface area contributed by atoms with Crippen LogP contribution >= 0.6 is 0 Å². The molecule has 0 aliphatic carbocycles.